The van der Waals surface area contributed by atoms with Crippen molar-refractivity contribution in [2.24, 2.45) is 7.05 Å². The zero-order chi connectivity index (χ0) is 24.1. The Balaban J connectivity index is 1.25. The van der Waals surface area contributed by atoms with E-state index in [1.165, 1.54) is 0 Å². The number of hydrogen-bond donors (Lipinski definition) is 1. The van der Waals surface area contributed by atoms with Gasteiger partial charge in [0.2, 0.25) is 11.7 Å². The van der Waals surface area contributed by atoms with Crippen molar-refractivity contribution in [2.75, 3.05) is 18.9 Å². The number of aryl methyl sites for hydroxylation is 2. The lowest BCUT2D eigenvalue weighted by atomic mass is 10.0. The smallest absolute Gasteiger partial charge is 0.259 e. The molecular weight excluding hydrogens is 444 g/mol. The molecule has 0 aliphatic carbocycles. The van der Waals surface area contributed by atoms with Crippen molar-refractivity contribution >= 4 is 17.1 Å². The van der Waals surface area contributed by atoms with Gasteiger partial charge in [0.15, 0.2) is 0 Å². The minimum Gasteiger partial charge on any atom is -0.337 e. The van der Waals surface area contributed by atoms with Crippen LogP contribution in [0.2, 0.25) is 0 Å². The average molecular weight is 469 g/mol. The molecule has 0 unspecified atom stereocenters. The monoisotopic (exact) mass is 468 g/mol. The number of pyridine rings is 1. The van der Waals surface area contributed by atoms with E-state index in [4.69, 9.17) is 4.52 Å². The van der Waals surface area contributed by atoms with Crippen LogP contribution < -0.4 is 5.32 Å². The summed E-state index contributed by atoms with van der Waals surface area (Å²) in [5, 5.41) is 16.0. The van der Waals surface area contributed by atoms with E-state index in [0.29, 0.717) is 28.5 Å². The number of nitrogens with one attached hydrogen (secondary N) is 1. The standard InChI is InChI=1S/C25H24N8O2/c1-15-4-5-16(23-28-25(35-30-23)22-9-10-31(22)2)12-20(15)27-24(34)18-13-26-33-14-17(6-7-21(18)33)19-8-11-32(3)29-19/h4-8,11-14,22H,9-10H2,1-3H3,(H,27,34)/t22-/m1/s1. The van der Waals surface area contributed by atoms with Gasteiger partial charge in [0.25, 0.3) is 5.91 Å². The fourth-order valence-electron chi connectivity index (χ4n) is 4.28. The van der Waals surface area contributed by atoms with Crippen LogP contribution in [0.25, 0.3) is 28.2 Å². The first-order chi connectivity index (χ1) is 17.0. The third-order valence-electron chi connectivity index (χ3n) is 6.53. The highest BCUT2D eigenvalue weighted by Gasteiger charge is 2.31. The normalized spacial score (nSPS) is 15.9. The second kappa shape index (κ2) is 8.17. The van der Waals surface area contributed by atoms with Crippen LogP contribution in [-0.2, 0) is 7.05 Å². The van der Waals surface area contributed by atoms with Crippen LogP contribution in [-0.4, -0.2) is 53.9 Å². The van der Waals surface area contributed by atoms with Crippen LogP contribution in [0.5, 0.6) is 0 Å². The lowest BCUT2D eigenvalue weighted by Crippen LogP contribution is -2.37. The van der Waals surface area contributed by atoms with Crippen LogP contribution in [0, 0.1) is 6.92 Å². The lowest BCUT2D eigenvalue weighted by Gasteiger charge is -2.34. The molecule has 1 aliphatic rings. The Morgan fingerprint density at radius 2 is 2.00 bits per heavy atom. The van der Waals surface area contributed by atoms with E-state index < -0.39 is 0 Å². The lowest BCUT2D eigenvalue weighted by molar-refractivity contribution is 0.0951. The number of rotatable bonds is 5. The van der Waals surface area contributed by atoms with Gasteiger partial charge in [-0.25, -0.2) is 4.52 Å². The van der Waals surface area contributed by atoms with Crippen molar-refractivity contribution in [3.63, 3.8) is 0 Å². The van der Waals surface area contributed by atoms with Gasteiger partial charge in [0.05, 0.1) is 29.0 Å². The van der Waals surface area contributed by atoms with Crippen molar-refractivity contribution in [3.05, 3.63) is 72.0 Å². The summed E-state index contributed by atoms with van der Waals surface area (Å²) < 4.78 is 8.93. The molecule has 4 aromatic heterocycles. The molecule has 5 aromatic rings. The second-order valence-corrected chi connectivity index (χ2v) is 8.91. The molecule has 1 amide bonds. The highest BCUT2D eigenvalue weighted by molar-refractivity contribution is 6.09. The van der Waals surface area contributed by atoms with Gasteiger partial charge in [-0.15, -0.1) is 0 Å². The maximum atomic E-state index is 13.2. The van der Waals surface area contributed by atoms with E-state index in [9.17, 15) is 4.79 Å². The Kier molecular flexibility index (Phi) is 4.96. The van der Waals surface area contributed by atoms with Crippen LogP contribution in [0.1, 0.15) is 34.3 Å². The third-order valence-corrected chi connectivity index (χ3v) is 6.53. The highest BCUT2D eigenvalue weighted by Crippen LogP contribution is 2.32. The Labute approximate surface area is 201 Å². The topological polar surface area (TPSA) is 106 Å². The van der Waals surface area contributed by atoms with E-state index in [0.717, 1.165) is 35.3 Å². The molecule has 0 spiro atoms. The van der Waals surface area contributed by atoms with Crippen molar-refractivity contribution in [2.45, 2.75) is 19.4 Å². The number of carbonyl (C=O) groups excluding carboxylic acids is 1. The molecule has 1 saturated heterocycles. The Bertz CT molecular complexity index is 1560. The third kappa shape index (κ3) is 3.77. The van der Waals surface area contributed by atoms with E-state index >= 15 is 0 Å². The van der Waals surface area contributed by atoms with Gasteiger partial charge in [-0.1, -0.05) is 17.3 Å². The van der Waals surface area contributed by atoms with E-state index in [2.05, 4.69) is 30.6 Å². The number of carbonyl (C=O) groups is 1. The quantitative estimate of drug-likeness (QED) is 0.419. The molecule has 35 heavy (non-hydrogen) atoms. The molecule has 0 bridgehead atoms. The molecule has 10 heteroatoms. The van der Waals surface area contributed by atoms with E-state index in [1.54, 1.807) is 15.4 Å². The first-order valence-electron chi connectivity index (χ1n) is 11.4. The zero-order valence-corrected chi connectivity index (χ0v) is 19.6. The van der Waals surface area contributed by atoms with Gasteiger partial charge in [-0.3, -0.25) is 14.4 Å². The van der Waals surface area contributed by atoms with Gasteiger partial charge in [0.1, 0.15) is 0 Å². The van der Waals surface area contributed by atoms with Gasteiger partial charge < -0.3 is 9.84 Å². The van der Waals surface area contributed by atoms with Crippen molar-refractivity contribution in [1.82, 2.24) is 34.4 Å². The fourth-order valence-corrected chi connectivity index (χ4v) is 4.28. The Morgan fingerprint density at radius 3 is 2.74 bits per heavy atom. The minimum absolute atomic E-state index is 0.176. The summed E-state index contributed by atoms with van der Waals surface area (Å²) >= 11 is 0. The summed E-state index contributed by atoms with van der Waals surface area (Å²) in [7, 11) is 3.91. The number of anilines is 1. The second-order valence-electron chi connectivity index (χ2n) is 8.91. The van der Waals surface area contributed by atoms with Crippen LogP contribution in [0.3, 0.4) is 0 Å². The van der Waals surface area contributed by atoms with Gasteiger partial charge in [-0.2, -0.15) is 15.2 Å². The van der Waals surface area contributed by atoms with Crippen LogP contribution in [0.15, 0.2) is 59.5 Å². The largest absolute Gasteiger partial charge is 0.337 e. The molecule has 1 atom stereocenters. The molecule has 1 aromatic carbocycles. The summed E-state index contributed by atoms with van der Waals surface area (Å²) in [6.45, 7) is 2.97. The summed E-state index contributed by atoms with van der Waals surface area (Å²) in [6, 6.07) is 11.7. The number of aromatic nitrogens is 6. The number of likely N-dealkylation sites (tertiary alicyclic amines) is 1. The molecular formula is C25H24N8O2. The predicted molar refractivity (Wildman–Crippen MR) is 130 cm³/mol. The summed E-state index contributed by atoms with van der Waals surface area (Å²) in [4.78, 5) is 19.9. The average Bonchev–Trinajstić information content (AvgIpc) is 3.59. The first kappa shape index (κ1) is 21.2. The first-order valence-corrected chi connectivity index (χ1v) is 11.4. The fraction of sp³-hybridized carbons (Fsp3) is 0.240. The van der Waals surface area contributed by atoms with Crippen molar-refractivity contribution in [3.8, 4) is 22.6 Å². The highest BCUT2D eigenvalue weighted by atomic mass is 16.5. The van der Waals surface area contributed by atoms with E-state index in [-0.39, 0.29) is 11.9 Å². The number of amides is 1. The molecule has 176 valence electrons. The minimum atomic E-state index is -0.240. The predicted octanol–water partition coefficient (Wildman–Crippen LogP) is 3.72. The van der Waals surface area contributed by atoms with Gasteiger partial charge in [0, 0.05) is 42.8 Å². The van der Waals surface area contributed by atoms with Gasteiger partial charge in [-0.05, 0) is 50.2 Å². The van der Waals surface area contributed by atoms with Gasteiger partial charge >= 0.3 is 0 Å². The Morgan fingerprint density at radius 1 is 1.14 bits per heavy atom. The van der Waals surface area contributed by atoms with Crippen molar-refractivity contribution in [1.29, 1.82) is 0 Å². The summed E-state index contributed by atoms with van der Waals surface area (Å²) in [6.07, 6.45) is 6.34. The molecule has 5 heterocycles. The molecule has 6 rings (SSSR count). The SMILES string of the molecule is Cc1ccc(-c2noc([C@H]3CCN3C)n2)cc1NC(=O)c1cnn2cc(-c3ccn(C)n3)ccc12. The molecule has 10 nitrogen and oxygen atoms in total. The van der Waals surface area contributed by atoms with Crippen LogP contribution >= 0.6 is 0 Å². The molecule has 1 fully saturated rings. The molecule has 0 saturated carbocycles. The summed E-state index contributed by atoms with van der Waals surface area (Å²) in [5.41, 5.74) is 5.35. The molecule has 1 N–H and O–H groups in total. The number of benzene rings is 1. The van der Waals surface area contributed by atoms with Crippen LogP contribution in [0.4, 0.5) is 5.69 Å². The zero-order valence-electron chi connectivity index (χ0n) is 19.6. The maximum absolute atomic E-state index is 13.2. The summed E-state index contributed by atoms with van der Waals surface area (Å²) in [5.74, 6) is 0.890. The number of hydrogen-bond acceptors (Lipinski definition) is 7. The maximum Gasteiger partial charge on any atom is 0.259 e. The van der Waals surface area contributed by atoms with Crippen molar-refractivity contribution < 1.29 is 9.32 Å². The number of fused-ring (bicyclic) bond motifs is 1. The molecule has 0 radical (unpaired) electrons. The Hall–Kier alpha value is -4.31. The molecule has 1 aliphatic heterocycles. The van der Waals surface area contributed by atoms with E-state index in [1.807, 2.05) is 69.8 Å². The number of nitrogens with zero attached hydrogens (tertiary/aromatic N) is 7.